The Morgan fingerprint density at radius 3 is 2.68 bits per heavy atom. The average molecular weight is 260 g/mol. The maximum Gasteiger partial charge on any atom is 0.410 e. The summed E-state index contributed by atoms with van der Waals surface area (Å²) >= 11 is 0. The van der Waals surface area contributed by atoms with Crippen LogP contribution in [0, 0.1) is 6.92 Å². The number of nitrogens with zero attached hydrogens (tertiary/aromatic N) is 2. The topological polar surface area (TPSA) is 42.4 Å². The lowest BCUT2D eigenvalue weighted by atomic mass is 10.1. The minimum Gasteiger partial charge on any atom is -0.444 e. The van der Waals surface area contributed by atoms with Gasteiger partial charge in [-0.15, -0.1) is 0 Å². The number of ether oxygens (including phenoxy) is 1. The van der Waals surface area contributed by atoms with E-state index in [-0.39, 0.29) is 6.09 Å². The van der Waals surface area contributed by atoms with Gasteiger partial charge in [-0.3, -0.25) is 4.98 Å². The highest BCUT2D eigenvalue weighted by atomic mass is 16.6. The third kappa shape index (κ3) is 3.56. The number of carbonyl (C=O) groups excluding carboxylic acids is 1. The molecular formula is C15H20N2O2. The van der Waals surface area contributed by atoms with Crippen molar-refractivity contribution in [2.24, 2.45) is 0 Å². The van der Waals surface area contributed by atoms with Crippen molar-refractivity contribution in [1.29, 1.82) is 0 Å². The van der Waals surface area contributed by atoms with E-state index >= 15 is 0 Å². The largest absolute Gasteiger partial charge is 0.444 e. The van der Waals surface area contributed by atoms with Gasteiger partial charge in [0.2, 0.25) is 0 Å². The van der Waals surface area contributed by atoms with E-state index in [1.165, 1.54) is 0 Å². The number of carbonyl (C=O) groups is 1. The summed E-state index contributed by atoms with van der Waals surface area (Å²) in [5, 5.41) is 0. The molecule has 4 nitrogen and oxygen atoms in total. The lowest BCUT2D eigenvalue weighted by Crippen LogP contribution is -2.35. The Morgan fingerprint density at radius 2 is 2.11 bits per heavy atom. The Hall–Kier alpha value is -1.84. The molecule has 0 spiro atoms. The van der Waals surface area contributed by atoms with E-state index in [0.29, 0.717) is 13.1 Å². The molecule has 1 aliphatic rings. The van der Waals surface area contributed by atoms with Gasteiger partial charge in [0.25, 0.3) is 0 Å². The second-order valence-corrected chi connectivity index (χ2v) is 5.78. The quantitative estimate of drug-likeness (QED) is 0.779. The maximum atomic E-state index is 11.9. The van der Waals surface area contributed by atoms with Crippen molar-refractivity contribution in [1.82, 2.24) is 9.88 Å². The van der Waals surface area contributed by atoms with Crippen molar-refractivity contribution in [2.75, 3.05) is 13.1 Å². The average Bonchev–Trinajstić information content (AvgIpc) is 2.77. The van der Waals surface area contributed by atoms with Crippen molar-refractivity contribution in [3.63, 3.8) is 0 Å². The molecule has 1 aromatic rings. The van der Waals surface area contributed by atoms with Gasteiger partial charge in [0.05, 0.1) is 0 Å². The molecular weight excluding hydrogens is 240 g/mol. The molecule has 0 aliphatic carbocycles. The third-order valence-corrected chi connectivity index (χ3v) is 2.85. The molecule has 0 fully saturated rings. The van der Waals surface area contributed by atoms with Crippen LogP contribution in [0.2, 0.25) is 0 Å². The predicted molar refractivity (Wildman–Crippen MR) is 74.8 cm³/mol. The fourth-order valence-electron chi connectivity index (χ4n) is 1.89. The SMILES string of the molecule is Cc1ccc(C2=CCN(C(=O)OC(C)(C)C)C2)cn1. The zero-order chi connectivity index (χ0) is 14.0. The van der Waals surface area contributed by atoms with Crippen molar-refractivity contribution < 1.29 is 9.53 Å². The molecule has 0 N–H and O–H groups in total. The minimum absolute atomic E-state index is 0.265. The van der Waals surface area contributed by atoms with Gasteiger partial charge >= 0.3 is 6.09 Å². The molecule has 0 saturated carbocycles. The number of hydrogen-bond donors (Lipinski definition) is 0. The van der Waals surface area contributed by atoms with Crippen molar-refractivity contribution in [3.05, 3.63) is 35.7 Å². The Labute approximate surface area is 114 Å². The molecule has 19 heavy (non-hydrogen) atoms. The first kappa shape index (κ1) is 13.6. The predicted octanol–water partition coefficient (Wildman–Crippen LogP) is 3.02. The Morgan fingerprint density at radius 1 is 1.37 bits per heavy atom. The molecule has 1 aliphatic heterocycles. The summed E-state index contributed by atoms with van der Waals surface area (Å²) in [4.78, 5) is 17.9. The highest BCUT2D eigenvalue weighted by molar-refractivity contribution is 5.77. The van der Waals surface area contributed by atoms with E-state index < -0.39 is 5.60 Å². The molecule has 1 amide bonds. The van der Waals surface area contributed by atoms with Crippen LogP contribution in [-0.4, -0.2) is 34.7 Å². The zero-order valence-electron chi connectivity index (χ0n) is 11.9. The molecule has 102 valence electrons. The lowest BCUT2D eigenvalue weighted by Gasteiger charge is -2.24. The molecule has 4 heteroatoms. The van der Waals surface area contributed by atoms with Crippen molar-refractivity contribution in [3.8, 4) is 0 Å². The summed E-state index contributed by atoms with van der Waals surface area (Å²) in [6, 6.07) is 4.01. The Balaban J connectivity index is 1.99. The molecule has 0 atom stereocenters. The van der Waals surface area contributed by atoms with Crippen LogP contribution in [0.5, 0.6) is 0 Å². The second-order valence-electron chi connectivity index (χ2n) is 5.78. The van der Waals surface area contributed by atoms with Crippen LogP contribution in [0.3, 0.4) is 0 Å². The number of pyridine rings is 1. The number of aromatic nitrogens is 1. The summed E-state index contributed by atoms with van der Waals surface area (Å²) in [5.74, 6) is 0. The van der Waals surface area contributed by atoms with Gasteiger partial charge in [-0.25, -0.2) is 4.79 Å². The van der Waals surface area contributed by atoms with Gasteiger partial charge in [0, 0.05) is 25.0 Å². The first-order valence-corrected chi connectivity index (χ1v) is 6.45. The molecule has 0 bridgehead atoms. The summed E-state index contributed by atoms with van der Waals surface area (Å²) in [5.41, 5.74) is 2.73. The van der Waals surface area contributed by atoms with Crippen molar-refractivity contribution >= 4 is 11.7 Å². The van der Waals surface area contributed by atoms with Crippen LogP contribution in [0.4, 0.5) is 4.79 Å². The van der Waals surface area contributed by atoms with Crippen molar-refractivity contribution in [2.45, 2.75) is 33.3 Å². The van der Waals surface area contributed by atoms with Gasteiger partial charge in [0.15, 0.2) is 0 Å². The fraction of sp³-hybridized carbons (Fsp3) is 0.467. The van der Waals surface area contributed by atoms with Gasteiger partial charge in [0.1, 0.15) is 5.60 Å². The van der Waals surface area contributed by atoms with Crippen LogP contribution in [-0.2, 0) is 4.74 Å². The van der Waals surface area contributed by atoms with E-state index in [1.807, 2.05) is 46.0 Å². The smallest absolute Gasteiger partial charge is 0.410 e. The van der Waals surface area contributed by atoms with E-state index in [0.717, 1.165) is 16.8 Å². The summed E-state index contributed by atoms with van der Waals surface area (Å²) in [7, 11) is 0. The number of amides is 1. The third-order valence-electron chi connectivity index (χ3n) is 2.85. The van der Waals surface area contributed by atoms with Gasteiger partial charge in [-0.05, 0) is 44.9 Å². The molecule has 1 aromatic heterocycles. The fourth-order valence-corrected chi connectivity index (χ4v) is 1.89. The molecule has 0 unspecified atom stereocenters. The standard InChI is InChI=1S/C15H20N2O2/c1-11-5-6-12(9-16-11)13-7-8-17(10-13)14(18)19-15(2,3)4/h5-7,9H,8,10H2,1-4H3. The van der Waals surface area contributed by atoms with Crippen LogP contribution in [0.1, 0.15) is 32.0 Å². The maximum absolute atomic E-state index is 11.9. The summed E-state index contributed by atoms with van der Waals surface area (Å²) in [6.45, 7) is 8.76. The van der Waals surface area contributed by atoms with Crippen LogP contribution < -0.4 is 0 Å². The minimum atomic E-state index is -0.453. The van der Waals surface area contributed by atoms with Crippen LogP contribution in [0.25, 0.3) is 5.57 Å². The zero-order valence-corrected chi connectivity index (χ0v) is 11.9. The normalized spacial score (nSPS) is 15.4. The molecule has 2 heterocycles. The number of hydrogen-bond acceptors (Lipinski definition) is 3. The monoisotopic (exact) mass is 260 g/mol. The van der Waals surface area contributed by atoms with E-state index in [1.54, 1.807) is 4.90 Å². The highest BCUT2D eigenvalue weighted by Gasteiger charge is 2.25. The van der Waals surface area contributed by atoms with E-state index in [2.05, 4.69) is 11.1 Å². The van der Waals surface area contributed by atoms with E-state index in [4.69, 9.17) is 4.74 Å². The number of rotatable bonds is 1. The molecule has 0 saturated heterocycles. The van der Waals surface area contributed by atoms with Crippen LogP contribution >= 0.6 is 0 Å². The van der Waals surface area contributed by atoms with E-state index in [9.17, 15) is 4.79 Å². The van der Waals surface area contributed by atoms with Gasteiger partial charge < -0.3 is 9.64 Å². The Bertz CT molecular complexity index is 498. The lowest BCUT2D eigenvalue weighted by molar-refractivity contribution is 0.0306. The van der Waals surface area contributed by atoms with Crippen LogP contribution in [0.15, 0.2) is 24.4 Å². The Kier molecular flexibility index (Phi) is 3.60. The summed E-state index contributed by atoms with van der Waals surface area (Å²) in [6.07, 6.45) is 3.63. The van der Waals surface area contributed by atoms with Gasteiger partial charge in [-0.1, -0.05) is 12.1 Å². The first-order valence-electron chi connectivity index (χ1n) is 6.45. The summed E-state index contributed by atoms with van der Waals surface area (Å²) < 4.78 is 5.36. The van der Waals surface area contributed by atoms with Gasteiger partial charge in [-0.2, -0.15) is 0 Å². The second kappa shape index (κ2) is 5.03. The molecule has 0 radical (unpaired) electrons. The molecule has 2 rings (SSSR count). The molecule has 0 aromatic carbocycles. The first-order chi connectivity index (χ1) is 8.85. The number of aryl methyl sites for hydroxylation is 1. The highest BCUT2D eigenvalue weighted by Crippen LogP contribution is 2.22.